The molecular weight excluding hydrogens is 393 g/mol. The molecule has 1 rings (SSSR count). The first-order valence-electron chi connectivity index (χ1n) is 6.00. The number of carboxylic acids is 1. The van der Waals surface area contributed by atoms with E-state index >= 15 is 0 Å². The summed E-state index contributed by atoms with van der Waals surface area (Å²) in [6.07, 6.45) is 0. The highest BCUT2D eigenvalue weighted by Crippen LogP contribution is 2.22. The van der Waals surface area contributed by atoms with Gasteiger partial charge in [-0.25, -0.2) is 17.9 Å². The normalized spacial score (nSPS) is 14.1. The first kappa shape index (κ1) is 17.4. The molecule has 20 heavy (non-hydrogen) atoms. The van der Waals surface area contributed by atoms with Gasteiger partial charge in [0, 0.05) is 9.61 Å². The summed E-state index contributed by atoms with van der Waals surface area (Å²) < 4.78 is 27.6. The molecule has 0 radical (unpaired) electrons. The molecule has 0 spiro atoms. The van der Waals surface area contributed by atoms with Gasteiger partial charge in [-0.15, -0.1) is 0 Å². The Morgan fingerprint density at radius 1 is 1.35 bits per heavy atom. The molecular formula is C13H18INO4S. The smallest absolute Gasteiger partial charge is 0.336 e. The van der Waals surface area contributed by atoms with Gasteiger partial charge in [0.15, 0.2) is 0 Å². The van der Waals surface area contributed by atoms with Crippen LogP contribution in [0.15, 0.2) is 23.1 Å². The van der Waals surface area contributed by atoms with Crippen LogP contribution >= 0.6 is 22.6 Å². The third kappa shape index (κ3) is 4.16. The maximum atomic E-state index is 12.3. The Morgan fingerprint density at radius 3 is 2.35 bits per heavy atom. The topological polar surface area (TPSA) is 83.5 Å². The number of hydrogen-bond donors (Lipinski definition) is 2. The van der Waals surface area contributed by atoms with Crippen LogP contribution in [-0.2, 0) is 10.0 Å². The SMILES string of the molecule is CC(NS(=O)(=O)c1ccc(I)c(C(=O)O)c1)C(C)(C)C. The van der Waals surface area contributed by atoms with E-state index in [-0.39, 0.29) is 21.9 Å². The zero-order valence-corrected chi connectivity index (χ0v) is 14.7. The molecule has 0 aliphatic carbocycles. The molecule has 1 aromatic rings. The molecule has 0 amide bonds. The molecule has 0 aliphatic rings. The van der Waals surface area contributed by atoms with Crippen LogP contribution in [0.25, 0.3) is 0 Å². The average molecular weight is 411 g/mol. The van der Waals surface area contributed by atoms with Gasteiger partial charge in [0.2, 0.25) is 10.0 Å². The minimum absolute atomic E-state index is 0.0168. The first-order valence-corrected chi connectivity index (χ1v) is 8.56. The van der Waals surface area contributed by atoms with E-state index in [1.54, 1.807) is 6.92 Å². The van der Waals surface area contributed by atoms with Crippen molar-refractivity contribution >= 4 is 38.6 Å². The van der Waals surface area contributed by atoms with E-state index in [9.17, 15) is 13.2 Å². The van der Waals surface area contributed by atoms with E-state index in [1.165, 1.54) is 18.2 Å². The maximum Gasteiger partial charge on any atom is 0.336 e. The molecule has 0 saturated carbocycles. The summed E-state index contributed by atoms with van der Waals surface area (Å²) >= 11 is 1.86. The predicted octanol–water partition coefficient (Wildman–Crippen LogP) is 2.70. The minimum Gasteiger partial charge on any atom is -0.478 e. The fourth-order valence-corrected chi connectivity index (χ4v) is 3.35. The largest absolute Gasteiger partial charge is 0.478 e. The zero-order valence-electron chi connectivity index (χ0n) is 11.8. The van der Waals surface area contributed by atoms with Gasteiger partial charge in [-0.1, -0.05) is 20.8 Å². The number of nitrogens with one attached hydrogen (secondary N) is 1. The quantitative estimate of drug-likeness (QED) is 0.747. The van der Waals surface area contributed by atoms with Crippen LogP contribution in [0.2, 0.25) is 0 Å². The van der Waals surface area contributed by atoms with Crippen molar-refractivity contribution in [3.8, 4) is 0 Å². The van der Waals surface area contributed by atoms with E-state index in [4.69, 9.17) is 5.11 Å². The Bertz CT molecular complexity index is 620. The monoisotopic (exact) mass is 411 g/mol. The fourth-order valence-electron chi connectivity index (χ4n) is 1.31. The van der Waals surface area contributed by atoms with Crippen LogP contribution in [0.1, 0.15) is 38.1 Å². The van der Waals surface area contributed by atoms with Gasteiger partial charge in [-0.3, -0.25) is 0 Å². The first-order chi connectivity index (χ1) is 8.95. The number of carbonyl (C=O) groups is 1. The highest BCUT2D eigenvalue weighted by atomic mass is 127. The van der Waals surface area contributed by atoms with Crippen molar-refractivity contribution in [3.05, 3.63) is 27.3 Å². The van der Waals surface area contributed by atoms with Crippen LogP contribution in [0, 0.1) is 8.99 Å². The Kier molecular flexibility index (Phi) is 5.20. The van der Waals surface area contributed by atoms with Gasteiger partial charge in [0.1, 0.15) is 0 Å². The van der Waals surface area contributed by atoms with Crippen LogP contribution < -0.4 is 4.72 Å². The molecule has 0 aromatic heterocycles. The van der Waals surface area contributed by atoms with Crippen molar-refractivity contribution in [1.82, 2.24) is 4.72 Å². The number of aromatic carboxylic acids is 1. The van der Waals surface area contributed by atoms with Crippen molar-refractivity contribution in [1.29, 1.82) is 0 Å². The summed E-state index contributed by atoms with van der Waals surface area (Å²) in [5.74, 6) is -1.14. The lowest BCUT2D eigenvalue weighted by Crippen LogP contribution is -2.41. The highest BCUT2D eigenvalue weighted by Gasteiger charge is 2.26. The van der Waals surface area contributed by atoms with Gasteiger partial charge in [0.25, 0.3) is 0 Å². The molecule has 7 heteroatoms. The van der Waals surface area contributed by atoms with E-state index in [0.717, 1.165) is 0 Å². The molecule has 112 valence electrons. The number of hydrogen-bond acceptors (Lipinski definition) is 3. The Morgan fingerprint density at radius 2 is 1.90 bits per heavy atom. The maximum absolute atomic E-state index is 12.3. The van der Waals surface area contributed by atoms with Gasteiger partial charge in [-0.05, 0) is 53.1 Å². The van der Waals surface area contributed by atoms with E-state index < -0.39 is 16.0 Å². The van der Waals surface area contributed by atoms with Crippen molar-refractivity contribution in [2.24, 2.45) is 5.41 Å². The third-order valence-corrected chi connectivity index (χ3v) is 5.59. The lowest BCUT2D eigenvalue weighted by atomic mass is 9.89. The second-order valence-corrected chi connectivity index (χ2v) is 8.53. The van der Waals surface area contributed by atoms with Crippen LogP contribution in [0.3, 0.4) is 0 Å². The Balaban J connectivity index is 3.17. The van der Waals surface area contributed by atoms with E-state index in [2.05, 4.69) is 4.72 Å². The van der Waals surface area contributed by atoms with Crippen LogP contribution in [0.4, 0.5) is 0 Å². The highest BCUT2D eigenvalue weighted by molar-refractivity contribution is 14.1. The van der Waals surface area contributed by atoms with Crippen molar-refractivity contribution in [3.63, 3.8) is 0 Å². The van der Waals surface area contributed by atoms with Gasteiger partial charge in [0.05, 0.1) is 10.5 Å². The fraction of sp³-hybridized carbons (Fsp3) is 0.462. The molecule has 2 N–H and O–H groups in total. The lowest BCUT2D eigenvalue weighted by Gasteiger charge is -2.27. The standard InChI is InChI=1S/C13H18INO4S/c1-8(13(2,3)4)15-20(18,19)9-5-6-11(14)10(7-9)12(16)17/h5-8,15H,1-4H3,(H,16,17). The van der Waals surface area contributed by atoms with Crippen molar-refractivity contribution in [2.45, 2.75) is 38.6 Å². The van der Waals surface area contributed by atoms with Crippen molar-refractivity contribution in [2.75, 3.05) is 0 Å². The number of carboxylic acid groups (broad SMARTS) is 1. The van der Waals surface area contributed by atoms with Gasteiger partial charge < -0.3 is 5.11 Å². The molecule has 1 unspecified atom stereocenters. The van der Waals surface area contributed by atoms with Crippen molar-refractivity contribution < 1.29 is 18.3 Å². The van der Waals surface area contributed by atoms with Crippen LogP contribution in [-0.4, -0.2) is 25.5 Å². The number of rotatable bonds is 4. The molecule has 0 fully saturated rings. The molecule has 0 aliphatic heterocycles. The Labute approximate surface area is 133 Å². The third-order valence-electron chi connectivity index (χ3n) is 3.11. The summed E-state index contributed by atoms with van der Waals surface area (Å²) in [5, 5.41) is 9.05. The summed E-state index contributed by atoms with van der Waals surface area (Å²) in [7, 11) is -3.73. The molecule has 1 aromatic carbocycles. The lowest BCUT2D eigenvalue weighted by molar-refractivity contribution is 0.0695. The molecule has 0 heterocycles. The second-order valence-electron chi connectivity index (χ2n) is 5.66. The molecule has 5 nitrogen and oxygen atoms in total. The predicted molar refractivity (Wildman–Crippen MR) is 85.4 cm³/mol. The summed E-state index contributed by atoms with van der Waals surface area (Å²) in [5.41, 5.74) is -0.247. The number of benzene rings is 1. The van der Waals surface area contributed by atoms with E-state index in [0.29, 0.717) is 3.57 Å². The second kappa shape index (κ2) is 5.98. The summed E-state index contributed by atoms with van der Waals surface area (Å²) in [4.78, 5) is 11.0. The molecule has 1 atom stereocenters. The average Bonchev–Trinajstić information content (AvgIpc) is 2.26. The van der Waals surface area contributed by atoms with Gasteiger partial charge in [-0.2, -0.15) is 0 Å². The van der Waals surface area contributed by atoms with Gasteiger partial charge >= 0.3 is 5.97 Å². The molecule has 0 saturated heterocycles. The molecule has 0 bridgehead atoms. The Hall–Kier alpha value is -0.670. The summed E-state index contributed by atoms with van der Waals surface area (Å²) in [6, 6.07) is 3.80. The minimum atomic E-state index is -3.73. The zero-order chi connectivity index (χ0) is 15.7. The summed E-state index contributed by atoms with van der Waals surface area (Å²) in [6.45, 7) is 7.56. The van der Waals surface area contributed by atoms with E-state index in [1.807, 2.05) is 43.4 Å². The number of halogens is 1. The van der Waals surface area contributed by atoms with Crippen LogP contribution in [0.5, 0.6) is 0 Å². The number of sulfonamides is 1.